The quantitative estimate of drug-likeness (QED) is 0.746. The maximum absolute atomic E-state index is 13.8. The van der Waals surface area contributed by atoms with Crippen molar-refractivity contribution < 1.29 is 13.9 Å². The lowest BCUT2D eigenvalue weighted by atomic mass is 10.2. The number of hydrogen-bond acceptors (Lipinski definition) is 4. The number of hydrogen-bond donors (Lipinski definition) is 0. The highest BCUT2D eigenvalue weighted by Crippen LogP contribution is 2.29. The molecule has 2 heterocycles. The van der Waals surface area contributed by atoms with Crippen molar-refractivity contribution in [2.24, 2.45) is 0 Å². The van der Waals surface area contributed by atoms with Gasteiger partial charge in [-0.15, -0.1) is 6.42 Å². The number of methoxy groups -OCH3 is 1. The minimum atomic E-state index is -1.23. The fourth-order valence-corrected chi connectivity index (χ4v) is 2.37. The van der Waals surface area contributed by atoms with Crippen LogP contribution >= 0.6 is 0 Å². The van der Waals surface area contributed by atoms with E-state index >= 15 is 0 Å². The Balaban J connectivity index is 2.40. The summed E-state index contributed by atoms with van der Waals surface area (Å²) in [5.74, 6) is 2.26. The molecule has 0 aromatic carbocycles. The van der Waals surface area contributed by atoms with Gasteiger partial charge in [0.2, 0.25) is 0 Å². The molecule has 1 fully saturated rings. The van der Waals surface area contributed by atoms with Gasteiger partial charge in [0, 0.05) is 25.3 Å². The number of rotatable bonds is 4. The molecule has 6 nitrogen and oxygen atoms in total. The van der Waals surface area contributed by atoms with Crippen molar-refractivity contribution in [2.75, 3.05) is 13.7 Å². The normalized spacial score (nSPS) is 25.0. The van der Waals surface area contributed by atoms with Gasteiger partial charge >= 0.3 is 5.69 Å². The second-order valence-electron chi connectivity index (χ2n) is 4.93. The predicted octanol–water partition coefficient (Wildman–Crippen LogP) is 0.224. The summed E-state index contributed by atoms with van der Waals surface area (Å²) in [5.41, 5.74) is -0.699. The molecular formula is C14H17FN2O4. The van der Waals surface area contributed by atoms with Gasteiger partial charge < -0.3 is 9.47 Å². The van der Waals surface area contributed by atoms with E-state index in [1.807, 2.05) is 0 Å². The average molecular weight is 296 g/mol. The summed E-state index contributed by atoms with van der Waals surface area (Å²) in [4.78, 5) is 24.2. The highest BCUT2D eigenvalue weighted by atomic mass is 19.1. The molecule has 0 amide bonds. The van der Waals surface area contributed by atoms with Gasteiger partial charge in [0.25, 0.3) is 5.56 Å². The third-order valence-corrected chi connectivity index (χ3v) is 3.42. The van der Waals surface area contributed by atoms with Gasteiger partial charge in [0.15, 0.2) is 0 Å². The Labute approximate surface area is 121 Å². The van der Waals surface area contributed by atoms with Crippen LogP contribution in [0.25, 0.3) is 0 Å². The standard InChI is InChI=1S/C14H17FN2O4/c1-4-5-16-13(18)9(2)7-17(14(16)19)12-6-10(15)11(21-12)8-20-3/h1,7,10-12H,5-6,8H2,2-3H3/t10-,11+,12+/m0/s1. The van der Waals surface area contributed by atoms with Crippen LogP contribution < -0.4 is 11.2 Å². The minimum Gasteiger partial charge on any atom is -0.382 e. The van der Waals surface area contributed by atoms with E-state index < -0.39 is 29.8 Å². The molecule has 0 radical (unpaired) electrons. The lowest BCUT2D eigenvalue weighted by molar-refractivity contribution is -0.0451. The number of aryl methyl sites for hydroxylation is 1. The Bertz CT molecular complexity index is 673. The highest BCUT2D eigenvalue weighted by Gasteiger charge is 2.37. The van der Waals surface area contributed by atoms with Crippen LogP contribution in [0.4, 0.5) is 4.39 Å². The molecule has 0 saturated carbocycles. The van der Waals surface area contributed by atoms with Crippen LogP contribution in [0.3, 0.4) is 0 Å². The largest absolute Gasteiger partial charge is 0.382 e. The summed E-state index contributed by atoms with van der Waals surface area (Å²) >= 11 is 0. The molecule has 0 bridgehead atoms. The molecule has 7 heteroatoms. The number of terminal acetylenes is 1. The van der Waals surface area contributed by atoms with Gasteiger partial charge in [-0.25, -0.2) is 13.8 Å². The Kier molecular flexibility index (Phi) is 4.60. The molecular weight excluding hydrogens is 279 g/mol. The molecule has 0 spiro atoms. The van der Waals surface area contributed by atoms with Gasteiger partial charge in [-0.05, 0) is 6.92 Å². The van der Waals surface area contributed by atoms with Crippen molar-refractivity contribution in [3.63, 3.8) is 0 Å². The first-order chi connectivity index (χ1) is 9.99. The molecule has 1 aliphatic heterocycles. The number of aromatic nitrogens is 2. The van der Waals surface area contributed by atoms with Crippen LogP contribution in [-0.4, -0.2) is 35.1 Å². The van der Waals surface area contributed by atoms with Crippen molar-refractivity contribution in [1.29, 1.82) is 0 Å². The topological polar surface area (TPSA) is 62.5 Å². The first-order valence-corrected chi connectivity index (χ1v) is 6.54. The van der Waals surface area contributed by atoms with E-state index in [1.54, 1.807) is 6.92 Å². The molecule has 1 saturated heterocycles. The van der Waals surface area contributed by atoms with E-state index in [4.69, 9.17) is 15.9 Å². The number of nitrogens with zero attached hydrogens (tertiary/aromatic N) is 2. The summed E-state index contributed by atoms with van der Waals surface area (Å²) in [6.45, 7) is 1.54. The van der Waals surface area contributed by atoms with Crippen LogP contribution in [0, 0.1) is 19.3 Å². The molecule has 114 valence electrons. The van der Waals surface area contributed by atoms with Crippen molar-refractivity contribution in [1.82, 2.24) is 9.13 Å². The molecule has 3 atom stereocenters. The lowest BCUT2D eigenvalue weighted by Crippen LogP contribution is -2.42. The van der Waals surface area contributed by atoms with Gasteiger partial charge in [-0.1, -0.05) is 5.92 Å². The van der Waals surface area contributed by atoms with E-state index in [9.17, 15) is 14.0 Å². The fourth-order valence-electron chi connectivity index (χ4n) is 2.37. The second kappa shape index (κ2) is 6.24. The Morgan fingerprint density at radius 3 is 2.90 bits per heavy atom. The van der Waals surface area contributed by atoms with Crippen molar-refractivity contribution in [2.45, 2.75) is 38.4 Å². The van der Waals surface area contributed by atoms with E-state index in [0.717, 1.165) is 4.57 Å². The fraction of sp³-hybridized carbons (Fsp3) is 0.571. The molecule has 1 aromatic heterocycles. The summed E-state index contributed by atoms with van der Waals surface area (Å²) < 4.78 is 26.4. The van der Waals surface area contributed by atoms with Crippen molar-refractivity contribution >= 4 is 0 Å². The third-order valence-electron chi connectivity index (χ3n) is 3.42. The van der Waals surface area contributed by atoms with Gasteiger partial charge in [0.1, 0.15) is 18.5 Å². The number of halogens is 1. The Hall–Kier alpha value is -1.91. The van der Waals surface area contributed by atoms with Crippen LogP contribution in [0.5, 0.6) is 0 Å². The lowest BCUT2D eigenvalue weighted by Gasteiger charge is -2.17. The van der Waals surface area contributed by atoms with E-state index in [2.05, 4.69) is 5.92 Å². The van der Waals surface area contributed by atoms with Gasteiger partial charge in [0.05, 0.1) is 13.2 Å². The zero-order valence-electron chi connectivity index (χ0n) is 11.9. The van der Waals surface area contributed by atoms with Gasteiger partial charge in [-0.2, -0.15) is 0 Å². The molecule has 1 aliphatic rings. The molecule has 1 aromatic rings. The van der Waals surface area contributed by atoms with E-state index in [1.165, 1.54) is 17.9 Å². The molecule has 0 unspecified atom stereocenters. The zero-order chi connectivity index (χ0) is 15.6. The average Bonchev–Trinajstić information content (AvgIpc) is 2.80. The maximum atomic E-state index is 13.8. The predicted molar refractivity (Wildman–Crippen MR) is 73.8 cm³/mol. The number of ether oxygens (including phenoxy) is 2. The molecule has 0 N–H and O–H groups in total. The zero-order valence-corrected chi connectivity index (χ0v) is 11.9. The van der Waals surface area contributed by atoms with E-state index in [-0.39, 0.29) is 19.6 Å². The van der Waals surface area contributed by atoms with Crippen molar-refractivity contribution in [3.05, 3.63) is 32.6 Å². The molecule has 2 rings (SSSR count). The van der Waals surface area contributed by atoms with E-state index in [0.29, 0.717) is 5.56 Å². The molecule has 21 heavy (non-hydrogen) atoms. The van der Waals surface area contributed by atoms with Gasteiger partial charge in [-0.3, -0.25) is 9.36 Å². The highest BCUT2D eigenvalue weighted by molar-refractivity contribution is 5.05. The van der Waals surface area contributed by atoms with Crippen LogP contribution in [0.1, 0.15) is 18.2 Å². The summed E-state index contributed by atoms with van der Waals surface area (Å²) in [6.07, 6.45) is 3.86. The smallest absolute Gasteiger partial charge is 0.333 e. The summed E-state index contributed by atoms with van der Waals surface area (Å²) in [7, 11) is 1.45. The number of alkyl halides is 1. The van der Waals surface area contributed by atoms with Crippen molar-refractivity contribution in [3.8, 4) is 12.3 Å². The second-order valence-corrected chi connectivity index (χ2v) is 4.93. The SMILES string of the molecule is C#CCn1c(=O)c(C)cn([C@H]2C[C@H](F)[C@@H](COC)O2)c1=O. The maximum Gasteiger partial charge on any atom is 0.333 e. The Morgan fingerprint density at radius 1 is 1.57 bits per heavy atom. The summed E-state index contributed by atoms with van der Waals surface area (Å²) in [5, 5.41) is 0. The van der Waals surface area contributed by atoms with Crippen LogP contribution in [-0.2, 0) is 16.0 Å². The molecule has 0 aliphatic carbocycles. The first kappa shape index (κ1) is 15.5. The summed E-state index contributed by atoms with van der Waals surface area (Å²) in [6, 6.07) is 0. The van der Waals surface area contributed by atoms with Crippen LogP contribution in [0.2, 0.25) is 0 Å². The monoisotopic (exact) mass is 296 g/mol. The Morgan fingerprint density at radius 2 is 2.29 bits per heavy atom. The third kappa shape index (κ3) is 2.91. The first-order valence-electron chi connectivity index (χ1n) is 6.54. The van der Waals surface area contributed by atoms with Crippen LogP contribution in [0.15, 0.2) is 15.8 Å². The minimum absolute atomic E-state index is 0.0294.